The van der Waals surface area contributed by atoms with Crippen LogP contribution in [0, 0.1) is 6.92 Å². The second-order valence-electron chi connectivity index (χ2n) is 4.66. The molecule has 1 atom stereocenters. The Hall–Kier alpha value is -1.42. The van der Waals surface area contributed by atoms with E-state index in [4.69, 9.17) is 5.73 Å². The standard InChI is InChI=1S/C13H21N3O/c1-4-7-13(3,14)12(17)16-9-11-6-5-10(2)15-8-11/h5-6,8H,4,7,9,14H2,1-3H3,(H,16,17). The number of nitrogens with zero attached hydrogens (tertiary/aromatic N) is 1. The summed E-state index contributed by atoms with van der Waals surface area (Å²) in [7, 11) is 0. The monoisotopic (exact) mass is 235 g/mol. The maximum atomic E-state index is 11.8. The molecule has 17 heavy (non-hydrogen) atoms. The first-order valence-corrected chi connectivity index (χ1v) is 5.94. The van der Waals surface area contributed by atoms with Gasteiger partial charge < -0.3 is 11.1 Å². The lowest BCUT2D eigenvalue weighted by Gasteiger charge is -2.22. The van der Waals surface area contributed by atoms with Gasteiger partial charge in [-0.05, 0) is 31.9 Å². The fourth-order valence-electron chi connectivity index (χ4n) is 1.62. The van der Waals surface area contributed by atoms with Crippen molar-refractivity contribution in [2.45, 2.75) is 45.7 Å². The largest absolute Gasteiger partial charge is 0.350 e. The van der Waals surface area contributed by atoms with Crippen LogP contribution in [-0.4, -0.2) is 16.4 Å². The summed E-state index contributed by atoms with van der Waals surface area (Å²) in [5.41, 5.74) is 7.10. The lowest BCUT2D eigenvalue weighted by molar-refractivity contribution is -0.126. The number of nitrogens with two attached hydrogens (primary N) is 1. The molecular weight excluding hydrogens is 214 g/mol. The van der Waals surface area contributed by atoms with E-state index in [9.17, 15) is 4.79 Å². The Bertz CT molecular complexity index is 371. The molecule has 4 nitrogen and oxygen atoms in total. The maximum Gasteiger partial charge on any atom is 0.240 e. The Balaban J connectivity index is 2.50. The van der Waals surface area contributed by atoms with E-state index in [0.717, 1.165) is 17.7 Å². The van der Waals surface area contributed by atoms with E-state index in [2.05, 4.69) is 10.3 Å². The molecule has 0 spiro atoms. The van der Waals surface area contributed by atoms with Crippen LogP contribution in [0.5, 0.6) is 0 Å². The van der Waals surface area contributed by atoms with Crippen LogP contribution >= 0.6 is 0 Å². The van der Waals surface area contributed by atoms with Gasteiger partial charge in [-0.25, -0.2) is 0 Å². The SMILES string of the molecule is CCCC(C)(N)C(=O)NCc1ccc(C)nc1. The number of rotatable bonds is 5. The molecule has 1 heterocycles. The first-order chi connectivity index (χ1) is 7.95. The molecule has 0 fully saturated rings. The number of pyridine rings is 1. The van der Waals surface area contributed by atoms with Crippen molar-refractivity contribution in [1.29, 1.82) is 0 Å². The summed E-state index contributed by atoms with van der Waals surface area (Å²) in [4.78, 5) is 16.0. The molecule has 3 N–H and O–H groups in total. The molecule has 0 saturated heterocycles. The summed E-state index contributed by atoms with van der Waals surface area (Å²) in [6.45, 7) is 6.19. The van der Waals surface area contributed by atoms with Crippen LogP contribution in [-0.2, 0) is 11.3 Å². The fraction of sp³-hybridized carbons (Fsp3) is 0.538. The number of hydrogen-bond acceptors (Lipinski definition) is 3. The van der Waals surface area contributed by atoms with Gasteiger partial charge in [0.1, 0.15) is 0 Å². The molecule has 1 amide bonds. The summed E-state index contributed by atoms with van der Waals surface area (Å²) >= 11 is 0. The molecule has 0 aromatic carbocycles. The van der Waals surface area contributed by atoms with Crippen molar-refractivity contribution in [1.82, 2.24) is 10.3 Å². The van der Waals surface area contributed by atoms with Gasteiger partial charge in [0.05, 0.1) is 5.54 Å². The topological polar surface area (TPSA) is 68.0 Å². The third-order valence-electron chi connectivity index (χ3n) is 2.71. The number of hydrogen-bond donors (Lipinski definition) is 2. The predicted octanol–water partition coefficient (Wildman–Crippen LogP) is 1.52. The average molecular weight is 235 g/mol. The van der Waals surface area contributed by atoms with Gasteiger partial charge in [-0.3, -0.25) is 9.78 Å². The van der Waals surface area contributed by atoms with Gasteiger partial charge in [-0.15, -0.1) is 0 Å². The van der Waals surface area contributed by atoms with E-state index < -0.39 is 5.54 Å². The molecule has 1 aromatic heterocycles. The Kier molecular flexibility index (Phi) is 4.63. The molecule has 0 aliphatic rings. The van der Waals surface area contributed by atoms with Crippen molar-refractivity contribution in [2.75, 3.05) is 0 Å². The van der Waals surface area contributed by atoms with Crippen LogP contribution in [0.1, 0.15) is 37.9 Å². The summed E-state index contributed by atoms with van der Waals surface area (Å²) in [6, 6.07) is 3.88. The van der Waals surface area contributed by atoms with Crippen LogP contribution in [0.15, 0.2) is 18.3 Å². The zero-order valence-electron chi connectivity index (χ0n) is 10.8. The smallest absolute Gasteiger partial charge is 0.240 e. The Morgan fingerprint density at radius 2 is 2.24 bits per heavy atom. The number of aryl methyl sites for hydroxylation is 1. The number of carbonyl (C=O) groups is 1. The molecule has 1 aromatic rings. The highest BCUT2D eigenvalue weighted by molar-refractivity contribution is 5.85. The van der Waals surface area contributed by atoms with Crippen LogP contribution in [0.25, 0.3) is 0 Å². The highest BCUT2D eigenvalue weighted by atomic mass is 16.2. The van der Waals surface area contributed by atoms with Gasteiger partial charge in [0.15, 0.2) is 0 Å². The van der Waals surface area contributed by atoms with E-state index in [0.29, 0.717) is 13.0 Å². The first-order valence-electron chi connectivity index (χ1n) is 5.94. The van der Waals surface area contributed by atoms with Gasteiger partial charge in [0, 0.05) is 18.4 Å². The molecule has 0 radical (unpaired) electrons. The van der Waals surface area contributed by atoms with Crippen molar-refractivity contribution < 1.29 is 4.79 Å². The zero-order chi connectivity index (χ0) is 12.9. The average Bonchev–Trinajstić information content (AvgIpc) is 2.27. The molecule has 1 rings (SSSR count). The molecule has 4 heteroatoms. The molecule has 0 saturated carbocycles. The van der Waals surface area contributed by atoms with Gasteiger partial charge in [0.25, 0.3) is 0 Å². The Morgan fingerprint density at radius 3 is 2.76 bits per heavy atom. The number of amides is 1. The minimum Gasteiger partial charge on any atom is -0.350 e. The predicted molar refractivity (Wildman–Crippen MR) is 68.3 cm³/mol. The van der Waals surface area contributed by atoms with Crippen molar-refractivity contribution in [3.63, 3.8) is 0 Å². The summed E-state index contributed by atoms with van der Waals surface area (Å²) in [5.74, 6) is -0.111. The van der Waals surface area contributed by atoms with Crippen LogP contribution in [0.4, 0.5) is 0 Å². The molecule has 94 valence electrons. The normalized spacial score (nSPS) is 14.1. The summed E-state index contributed by atoms with van der Waals surface area (Å²) < 4.78 is 0. The van der Waals surface area contributed by atoms with Crippen LogP contribution < -0.4 is 11.1 Å². The van der Waals surface area contributed by atoms with Crippen molar-refractivity contribution >= 4 is 5.91 Å². The maximum absolute atomic E-state index is 11.8. The second-order valence-corrected chi connectivity index (χ2v) is 4.66. The van der Waals surface area contributed by atoms with Crippen molar-refractivity contribution in [2.24, 2.45) is 5.73 Å². The lowest BCUT2D eigenvalue weighted by Crippen LogP contribution is -2.51. The van der Waals surface area contributed by atoms with Crippen LogP contribution in [0.2, 0.25) is 0 Å². The second kappa shape index (κ2) is 5.77. The number of carbonyl (C=O) groups excluding carboxylic acids is 1. The number of nitrogens with one attached hydrogen (secondary N) is 1. The van der Waals surface area contributed by atoms with Gasteiger partial charge in [-0.2, -0.15) is 0 Å². The molecule has 0 aliphatic carbocycles. The van der Waals surface area contributed by atoms with E-state index >= 15 is 0 Å². The summed E-state index contributed by atoms with van der Waals surface area (Å²) in [6.07, 6.45) is 3.35. The van der Waals surface area contributed by atoms with Crippen molar-refractivity contribution in [3.05, 3.63) is 29.6 Å². The molecular formula is C13H21N3O. The van der Waals surface area contributed by atoms with E-state index in [-0.39, 0.29) is 5.91 Å². The van der Waals surface area contributed by atoms with Gasteiger partial charge in [-0.1, -0.05) is 19.4 Å². The molecule has 0 aliphatic heterocycles. The highest BCUT2D eigenvalue weighted by Gasteiger charge is 2.26. The van der Waals surface area contributed by atoms with Gasteiger partial charge in [0.2, 0.25) is 5.91 Å². The van der Waals surface area contributed by atoms with Crippen molar-refractivity contribution in [3.8, 4) is 0 Å². The van der Waals surface area contributed by atoms with Crippen LogP contribution in [0.3, 0.4) is 0 Å². The fourth-order valence-corrected chi connectivity index (χ4v) is 1.62. The third-order valence-corrected chi connectivity index (χ3v) is 2.71. The quantitative estimate of drug-likeness (QED) is 0.813. The zero-order valence-corrected chi connectivity index (χ0v) is 10.8. The third kappa shape index (κ3) is 4.15. The summed E-state index contributed by atoms with van der Waals surface area (Å²) in [5, 5.41) is 2.84. The Labute approximate surface area is 103 Å². The Morgan fingerprint density at radius 1 is 1.53 bits per heavy atom. The van der Waals surface area contributed by atoms with Gasteiger partial charge >= 0.3 is 0 Å². The van der Waals surface area contributed by atoms with E-state index in [1.165, 1.54) is 0 Å². The first kappa shape index (κ1) is 13.6. The lowest BCUT2D eigenvalue weighted by atomic mass is 9.96. The van der Waals surface area contributed by atoms with E-state index in [1.807, 2.05) is 26.0 Å². The molecule has 1 unspecified atom stereocenters. The van der Waals surface area contributed by atoms with E-state index in [1.54, 1.807) is 13.1 Å². The number of aromatic nitrogens is 1. The molecule has 0 bridgehead atoms. The highest BCUT2D eigenvalue weighted by Crippen LogP contribution is 2.09. The minimum absolute atomic E-state index is 0.111. The minimum atomic E-state index is -0.785.